The van der Waals surface area contributed by atoms with Crippen LogP contribution < -0.4 is 10.5 Å². The van der Waals surface area contributed by atoms with Crippen molar-refractivity contribution < 1.29 is 8.94 Å². The SMILES string of the molecule is CC(C)(C)[S+]([O-])N[C@H]1C[C@H]1c1ccc(F)c(N)c1. The van der Waals surface area contributed by atoms with E-state index in [1.807, 2.05) is 20.8 Å². The topological polar surface area (TPSA) is 61.1 Å². The summed E-state index contributed by atoms with van der Waals surface area (Å²) in [5, 5.41) is 0. The normalized spacial score (nSPS) is 24.9. The molecule has 1 fully saturated rings. The summed E-state index contributed by atoms with van der Waals surface area (Å²) in [6.45, 7) is 5.80. The highest BCUT2D eigenvalue weighted by Crippen LogP contribution is 2.42. The number of rotatable bonds is 3. The van der Waals surface area contributed by atoms with Crippen molar-refractivity contribution in [2.24, 2.45) is 0 Å². The van der Waals surface area contributed by atoms with E-state index in [9.17, 15) is 8.94 Å². The minimum Gasteiger partial charge on any atom is -0.598 e. The molecule has 1 unspecified atom stereocenters. The number of benzene rings is 1. The Balaban J connectivity index is 1.97. The Morgan fingerprint density at radius 3 is 2.67 bits per heavy atom. The zero-order valence-corrected chi connectivity index (χ0v) is 11.7. The predicted octanol–water partition coefficient (Wildman–Crippen LogP) is 2.32. The molecule has 3 nitrogen and oxygen atoms in total. The summed E-state index contributed by atoms with van der Waals surface area (Å²) in [5.41, 5.74) is 6.73. The molecule has 0 bridgehead atoms. The Morgan fingerprint density at radius 2 is 2.11 bits per heavy atom. The van der Waals surface area contributed by atoms with Crippen LogP contribution >= 0.6 is 0 Å². The van der Waals surface area contributed by atoms with Gasteiger partial charge in [-0.15, -0.1) is 4.72 Å². The van der Waals surface area contributed by atoms with Crippen LogP contribution in [0.25, 0.3) is 0 Å². The summed E-state index contributed by atoms with van der Waals surface area (Å²) >= 11 is -1.06. The fourth-order valence-electron chi connectivity index (χ4n) is 1.80. The molecule has 3 atom stereocenters. The summed E-state index contributed by atoms with van der Waals surface area (Å²) in [6.07, 6.45) is 0.924. The lowest BCUT2D eigenvalue weighted by Crippen LogP contribution is -2.40. The molecule has 1 aliphatic carbocycles. The highest BCUT2D eigenvalue weighted by molar-refractivity contribution is 7.90. The zero-order chi connectivity index (χ0) is 13.5. The van der Waals surface area contributed by atoms with Crippen molar-refractivity contribution in [1.29, 1.82) is 0 Å². The van der Waals surface area contributed by atoms with E-state index < -0.39 is 11.4 Å². The van der Waals surface area contributed by atoms with E-state index in [0.29, 0.717) is 5.92 Å². The number of hydrogen-bond acceptors (Lipinski definition) is 3. The standard InChI is InChI=1S/C13H19FN2OS/c1-13(2,3)18(17)16-12-7-9(12)8-4-5-10(14)11(15)6-8/h4-6,9,12,16H,7,15H2,1-3H3/t9-,12-,18?/m0/s1. The van der Waals surface area contributed by atoms with Gasteiger partial charge >= 0.3 is 0 Å². The maximum Gasteiger partial charge on any atom is 0.146 e. The van der Waals surface area contributed by atoms with E-state index in [4.69, 9.17) is 5.73 Å². The van der Waals surface area contributed by atoms with Crippen LogP contribution in [0.15, 0.2) is 18.2 Å². The maximum atomic E-state index is 13.1. The molecular weight excluding hydrogens is 251 g/mol. The fraction of sp³-hybridized carbons (Fsp3) is 0.538. The summed E-state index contributed by atoms with van der Waals surface area (Å²) in [7, 11) is 0. The number of anilines is 1. The third kappa shape index (κ3) is 2.96. The molecule has 0 saturated heterocycles. The van der Waals surface area contributed by atoms with Gasteiger partial charge in [0.2, 0.25) is 0 Å². The Hall–Kier alpha value is -0.780. The van der Waals surface area contributed by atoms with Crippen molar-refractivity contribution in [2.75, 3.05) is 5.73 Å². The second kappa shape index (κ2) is 4.72. The quantitative estimate of drug-likeness (QED) is 0.654. The highest BCUT2D eigenvalue weighted by atomic mass is 32.2. The molecule has 1 aromatic carbocycles. The Bertz CT molecular complexity index is 447. The lowest BCUT2D eigenvalue weighted by molar-refractivity contribution is 0.542. The molecule has 5 heteroatoms. The third-order valence-electron chi connectivity index (χ3n) is 3.05. The lowest BCUT2D eigenvalue weighted by atomic mass is 10.1. The van der Waals surface area contributed by atoms with Crippen LogP contribution in [-0.2, 0) is 11.4 Å². The molecule has 0 heterocycles. The maximum absolute atomic E-state index is 13.1. The van der Waals surface area contributed by atoms with Gasteiger partial charge in [0.15, 0.2) is 0 Å². The van der Waals surface area contributed by atoms with Gasteiger partial charge < -0.3 is 10.3 Å². The second-order valence-electron chi connectivity index (χ2n) is 5.73. The van der Waals surface area contributed by atoms with Crippen LogP contribution in [0, 0.1) is 5.82 Å². The van der Waals surface area contributed by atoms with Crippen LogP contribution in [0.5, 0.6) is 0 Å². The molecule has 2 rings (SSSR count). The second-order valence-corrected chi connectivity index (χ2v) is 7.73. The summed E-state index contributed by atoms with van der Waals surface area (Å²) < 4.78 is 27.8. The van der Waals surface area contributed by atoms with Gasteiger partial charge in [-0.3, -0.25) is 0 Å². The minimum absolute atomic E-state index is 0.176. The van der Waals surface area contributed by atoms with Crippen molar-refractivity contribution in [3.63, 3.8) is 0 Å². The van der Waals surface area contributed by atoms with Gasteiger partial charge in [0.1, 0.15) is 10.6 Å². The van der Waals surface area contributed by atoms with Crippen molar-refractivity contribution in [2.45, 2.75) is 43.9 Å². The number of nitrogens with two attached hydrogens (primary N) is 1. The highest BCUT2D eigenvalue weighted by Gasteiger charge is 2.43. The monoisotopic (exact) mass is 270 g/mol. The Kier molecular flexibility index (Phi) is 3.58. The molecule has 100 valence electrons. The molecular formula is C13H19FN2OS. The largest absolute Gasteiger partial charge is 0.598 e. The summed E-state index contributed by atoms with van der Waals surface area (Å²) in [5.74, 6) is -0.0959. The summed E-state index contributed by atoms with van der Waals surface area (Å²) in [4.78, 5) is 0. The fourth-order valence-corrected chi connectivity index (χ4v) is 2.69. The molecule has 3 N–H and O–H groups in total. The minimum atomic E-state index is -1.06. The van der Waals surface area contributed by atoms with Gasteiger partial charge in [-0.2, -0.15) is 0 Å². The van der Waals surface area contributed by atoms with E-state index in [1.54, 1.807) is 12.1 Å². The molecule has 1 saturated carbocycles. The number of nitrogen functional groups attached to an aromatic ring is 1. The van der Waals surface area contributed by atoms with E-state index in [-0.39, 0.29) is 22.3 Å². The van der Waals surface area contributed by atoms with Gasteiger partial charge in [0.05, 0.1) is 11.7 Å². The molecule has 1 aliphatic rings. The zero-order valence-electron chi connectivity index (χ0n) is 10.9. The van der Waals surface area contributed by atoms with Gasteiger partial charge in [0, 0.05) is 17.3 Å². The third-order valence-corrected chi connectivity index (χ3v) is 4.68. The lowest BCUT2D eigenvalue weighted by Gasteiger charge is -2.23. The summed E-state index contributed by atoms with van der Waals surface area (Å²) in [6, 6.07) is 5.01. The number of hydrogen-bond donors (Lipinski definition) is 2. The smallest absolute Gasteiger partial charge is 0.146 e. The van der Waals surface area contributed by atoms with Crippen molar-refractivity contribution in [1.82, 2.24) is 4.72 Å². The first kappa shape index (κ1) is 13.6. The first-order valence-electron chi connectivity index (χ1n) is 6.02. The Morgan fingerprint density at radius 1 is 1.44 bits per heavy atom. The van der Waals surface area contributed by atoms with Crippen molar-refractivity contribution in [3.8, 4) is 0 Å². The average molecular weight is 270 g/mol. The van der Waals surface area contributed by atoms with Gasteiger partial charge in [-0.05, 0) is 44.9 Å². The average Bonchev–Trinajstić information content (AvgIpc) is 3.00. The molecule has 0 radical (unpaired) electrons. The van der Waals surface area contributed by atoms with Crippen molar-refractivity contribution >= 4 is 17.0 Å². The van der Waals surface area contributed by atoms with Crippen molar-refractivity contribution in [3.05, 3.63) is 29.6 Å². The van der Waals surface area contributed by atoms with E-state index in [1.165, 1.54) is 6.07 Å². The van der Waals surface area contributed by atoms with E-state index in [0.717, 1.165) is 12.0 Å². The molecule has 0 spiro atoms. The van der Waals surface area contributed by atoms with Crippen LogP contribution in [0.3, 0.4) is 0 Å². The molecule has 0 aliphatic heterocycles. The predicted molar refractivity (Wildman–Crippen MR) is 73.0 cm³/mol. The molecule has 1 aromatic rings. The van der Waals surface area contributed by atoms with Crippen LogP contribution in [0.1, 0.15) is 38.7 Å². The molecule has 0 aromatic heterocycles. The van der Waals surface area contributed by atoms with Gasteiger partial charge in [0.25, 0.3) is 0 Å². The number of halogens is 1. The Labute approximate surface area is 110 Å². The van der Waals surface area contributed by atoms with E-state index >= 15 is 0 Å². The van der Waals surface area contributed by atoms with Gasteiger partial charge in [-0.25, -0.2) is 4.39 Å². The first-order valence-corrected chi connectivity index (χ1v) is 7.17. The number of nitrogens with one attached hydrogen (secondary N) is 1. The van der Waals surface area contributed by atoms with Gasteiger partial charge in [-0.1, -0.05) is 6.07 Å². The van der Waals surface area contributed by atoms with Crippen LogP contribution in [-0.4, -0.2) is 15.3 Å². The first-order chi connectivity index (χ1) is 8.29. The molecule has 18 heavy (non-hydrogen) atoms. The molecule has 0 amide bonds. The van der Waals surface area contributed by atoms with E-state index in [2.05, 4.69) is 4.72 Å². The van der Waals surface area contributed by atoms with Crippen LogP contribution in [0.4, 0.5) is 10.1 Å². The van der Waals surface area contributed by atoms with Crippen LogP contribution in [0.2, 0.25) is 0 Å².